The number of hydrogen-bond donors (Lipinski definition) is 5. The number of rotatable bonds is 10. The monoisotopic (exact) mass is 379 g/mol. The number of aliphatic hydroxyl groups excluding tert-OH is 1. The molecule has 27 heavy (non-hydrogen) atoms. The number of carboxylic acid groups (broad SMARTS) is 1. The van der Waals surface area contributed by atoms with Gasteiger partial charge in [-0.05, 0) is 18.4 Å². The van der Waals surface area contributed by atoms with Crippen molar-refractivity contribution < 1.29 is 24.6 Å². The molecule has 0 spiro atoms. The molecular formula is C19H29N3O5. The molecule has 0 bridgehead atoms. The minimum Gasteiger partial charge on any atom is -0.480 e. The fourth-order valence-corrected chi connectivity index (χ4v) is 2.48. The fourth-order valence-electron chi connectivity index (χ4n) is 2.48. The number of amides is 2. The topological polar surface area (TPSA) is 142 Å². The van der Waals surface area contributed by atoms with Gasteiger partial charge in [-0.3, -0.25) is 9.59 Å². The summed E-state index contributed by atoms with van der Waals surface area (Å²) < 4.78 is 0. The second-order valence-electron chi connectivity index (χ2n) is 6.73. The van der Waals surface area contributed by atoms with Crippen molar-refractivity contribution in [1.82, 2.24) is 10.6 Å². The maximum atomic E-state index is 12.6. The molecule has 0 fully saturated rings. The molecule has 0 aliphatic heterocycles. The van der Waals surface area contributed by atoms with E-state index in [1.165, 1.54) is 6.92 Å². The average Bonchev–Trinajstić information content (AvgIpc) is 2.64. The number of aliphatic hydroxyl groups is 1. The Morgan fingerprint density at radius 2 is 1.67 bits per heavy atom. The third kappa shape index (κ3) is 6.99. The zero-order valence-corrected chi connectivity index (χ0v) is 15.9. The smallest absolute Gasteiger partial charge is 0.328 e. The lowest BCUT2D eigenvalue weighted by atomic mass is 9.98. The summed E-state index contributed by atoms with van der Waals surface area (Å²) in [6.45, 7) is 5.01. The van der Waals surface area contributed by atoms with E-state index in [0.717, 1.165) is 5.56 Å². The molecule has 1 rings (SSSR count). The van der Waals surface area contributed by atoms with Crippen LogP contribution in [0.5, 0.6) is 0 Å². The standard InChI is InChI=1S/C19H29N3O5/c1-4-11(2)15(20)18(25)21-14(10-13-8-6-5-7-9-13)17(24)22-16(12(3)23)19(26)27/h5-9,11-12,14-16,23H,4,10,20H2,1-3H3,(H,21,25)(H,22,24)(H,26,27). The number of hydrogen-bond acceptors (Lipinski definition) is 5. The van der Waals surface area contributed by atoms with Gasteiger partial charge >= 0.3 is 5.97 Å². The Bertz CT molecular complexity index is 635. The van der Waals surface area contributed by atoms with E-state index in [1.807, 2.05) is 19.9 Å². The van der Waals surface area contributed by atoms with Gasteiger partial charge in [0.05, 0.1) is 12.1 Å². The molecule has 0 saturated carbocycles. The molecule has 0 aliphatic rings. The van der Waals surface area contributed by atoms with Crippen LogP contribution in [0.1, 0.15) is 32.8 Å². The third-order valence-electron chi connectivity index (χ3n) is 4.52. The molecule has 0 aromatic heterocycles. The summed E-state index contributed by atoms with van der Waals surface area (Å²) in [6, 6.07) is 5.73. The number of nitrogens with one attached hydrogen (secondary N) is 2. The van der Waals surface area contributed by atoms with Crippen molar-refractivity contribution in [1.29, 1.82) is 0 Å². The van der Waals surface area contributed by atoms with Gasteiger partial charge < -0.3 is 26.6 Å². The summed E-state index contributed by atoms with van der Waals surface area (Å²) in [7, 11) is 0. The van der Waals surface area contributed by atoms with Crippen molar-refractivity contribution in [2.45, 2.75) is 57.8 Å². The van der Waals surface area contributed by atoms with Crippen LogP contribution < -0.4 is 16.4 Å². The SMILES string of the molecule is CCC(C)C(N)C(=O)NC(Cc1ccccc1)C(=O)NC(C(=O)O)C(C)O. The quantitative estimate of drug-likeness (QED) is 0.388. The van der Waals surface area contributed by atoms with Crippen LogP contribution >= 0.6 is 0 Å². The Kier molecular flexibility index (Phi) is 8.90. The van der Waals surface area contributed by atoms with E-state index in [-0.39, 0.29) is 12.3 Å². The van der Waals surface area contributed by atoms with E-state index >= 15 is 0 Å². The maximum absolute atomic E-state index is 12.6. The van der Waals surface area contributed by atoms with Crippen molar-refractivity contribution in [3.63, 3.8) is 0 Å². The van der Waals surface area contributed by atoms with Crippen molar-refractivity contribution in [2.24, 2.45) is 11.7 Å². The van der Waals surface area contributed by atoms with Crippen molar-refractivity contribution >= 4 is 17.8 Å². The summed E-state index contributed by atoms with van der Waals surface area (Å²) >= 11 is 0. The van der Waals surface area contributed by atoms with Crippen molar-refractivity contribution in [3.05, 3.63) is 35.9 Å². The Morgan fingerprint density at radius 3 is 2.15 bits per heavy atom. The first-order valence-electron chi connectivity index (χ1n) is 8.98. The number of carboxylic acids is 1. The molecule has 1 aromatic carbocycles. The molecule has 0 radical (unpaired) electrons. The molecular weight excluding hydrogens is 350 g/mol. The van der Waals surface area contributed by atoms with Gasteiger partial charge in [0.15, 0.2) is 6.04 Å². The van der Waals surface area contributed by atoms with E-state index in [4.69, 9.17) is 10.8 Å². The molecule has 8 heteroatoms. The minimum absolute atomic E-state index is 0.0744. The molecule has 0 saturated heterocycles. The number of nitrogens with two attached hydrogens (primary N) is 1. The van der Waals surface area contributed by atoms with Gasteiger partial charge in [0.1, 0.15) is 6.04 Å². The van der Waals surface area contributed by atoms with Crippen molar-refractivity contribution in [3.8, 4) is 0 Å². The van der Waals surface area contributed by atoms with E-state index in [9.17, 15) is 19.5 Å². The Labute approximate surface area is 159 Å². The van der Waals surface area contributed by atoms with Gasteiger partial charge in [0, 0.05) is 6.42 Å². The second kappa shape index (κ2) is 10.6. The highest BCUT2D eigenvalue weighted by molar-refractivity contribution is 5.92. The molecule has 1 aromatic rings. The van der Waals surface area contributed by atoms with Crippen LogP contribution in [0.25, 0.3) is 0 Å². The van der Waals surface area contributed by atoms with Gasteiger partial charge in [-0.1, -0.05) is 50.6 Å². The molecule has 0 heterocycles. The summed E-state index contributed by atoms with van der Waals surface area (Å²) in [5.41, 5.74) is 6.72. The maximum Gasteiger partial charge on any atom is 0.328 e. The predicted octanol–water partition coefficient (Wildman–Crippen LogP) is 0.0375. The Hall–Kier alpha value is -2.45. The van der Waals surface area contributed by atoms with Crippen LogP contribution in [0.3, 0.4) is 0 Å². The van der Waals surface area contributed by atoms with Gasteiger partial charge in [-0.2, -0.15) is 0 Å². The molecule has 150 valence electrons. The van der Waals surface area contributed by atoms with Gasteiger partial charge in [0.2, 0.25) is 11.8 Å². The van der Waals surface area contributed by atoms with E-state index in [0.29, 0.717) is 6.42 Å². The number of benzene rings is 1. The zero-order chi connectivity index (χ0) is 20.6. The summed E-state index contributed by atoms with van der Waals surface area (Å²) in [4.78, 5) is 36.3. The van der Waals surface area contributed by atoms with E-state index in [2.05, 4.69) is 10.6 Å². The van der Waals surface area contributed by atoms with Gasteiger partial charge in [-0.15, -0.1) is 0 Å². The normalized spacial score (nSPS) is 16.5. The van der Waals surface area contributed by atoms with Crippen LogP contribution in [-0.4, -0.2) is 52.2 Å². The van der Waals surface area contributed by atoms with E-state index < -0.39 is 42.0 Å². The zero-order valence-electron chi connectivity index (χ0n) is 15.9. The van der Waals surface area contributed by atoms with Gasteiger partial charge in [-0.25, -0.2) is 4.79 Å². The van der Waals surface area contributed by atoms with Crippen LogP contribution in [-0.2, 0) is 20.8 Å². The number of carbonyl (C=O) groups excluding carboxylic acids is 2. The Morgan fingerprint density at radius 1 is 1.07 bits per heavy atom. The second-order valence-corrected chi connectivity index (χ2v) is 6.73. The predicted molar refractivity (Wildman–Crippen MR) is 101 cm³/mol. The van der Waals surface area contributed by atoms with Crippen LogP contribution in [0.15, 0.2) is 30.3 Å². The lowest BCUT2D eigenvalue weighted by molar-refractivity contribution is -0.145. The first kappa shape index (κ1) is 22.6. The minimum atomic E-state index is -1.48. The molecule has 5 unspecified atom stereocenters. The molecule has 0 aliphatic carbocycles. The molecule has 8 nitrogen and oxygen atoms in total. The Balaban J connectivity index is 2.97. The lowest BCUT2D eigenvalue weighted by Crippen LogP contribution is -2.57. The number of aliphatic carboxylic acids is 1. The van der Waals surface area contributed by atoms with Crippen molar-refractivity contribution in [2.75, 3.05) is 0 Å². The highest BCUT2D eigenvalue weighted by atomic mass is 16.4. The number of carbonyl (C=O) groups is 3. The van der Waals surface area contributed by atoms with E-state index in [1.54, 1.807) is 24.3 Å². The summed E-state index contributed by atoms with van der Waals surface area (Å²) in [6.07, 6.45) is -0.424. The summed E-state index contributed by atoms with van der Waals surface area (Å²) in [5.74, 6) is -2.62. The molecule has 5 atom stereocenters. The first-order chi connectivity index (χ1) is 12.7. The molecule has 6 N–H and O–H groups in total. The first-order valence-corrected chi connectivity index (χ1v) is 8.98. The fraction of sp³-hybridized carbons (Fsp3) is 0.526. The highest BCUT2D eigenvalue weighted by Gasteiger charge is 2.31. The lowest BCUT2D eigenvalue weighted by Gasteiger charge is -2.25. The highest BCUT2D eigenvalue weighted by Crippen LogP contribution is 2.08. The summed E-state index contributed by atoms with van der Waals surface area (Å²) in [5, 5.41) is 23.6. The van der Waals surface area contributed by atoms with Gasteiger partial charge in [0.25, 0.3) is 0 Å². The van der Waals surface area contributed by atoms with Crippen LogP contribution in [0, 0.1) is 5.92 Å². The largest absolute Gasteiger partial charge is 0.480 e. The van der Waals surface area contributed by atoms with Crippen LogP contribution in [0.4, 0.5) is 0 Å². The van der Waals surface area contributed by atoms with Crippen LogP contribution in [0.2, 0.25) is 0 Å². The average molecular weight is 379 g/mol. The third-order valence-corrected chi connectivity index (χ3v) is 4.52. The molecule has 2 amide bonds.